The Morgan fingerprint density at radius 3 is 2.84 bits per heavy atom. The minimum Gasteiger partial charge on any atom is -0.438 e. The van der Waals surface area contributed by atoms with E-state index in [1.165, 1.54) is 24.4 Å². The Hall–Kier alpha value is -2.43. The molecule has 1 unspecified atom stereocenters. The molecule has 2 heterocycles. The third-order valence-corrected chi connectivity index (χ3v) is 6.02. The van der Waals surface area contributed by atoms with Crippen molar-refractivity contribution in [2.75, 3.05) is 20.1 Å². The number of carbonyl (C=O) groups is 1. The SMILES string of the molecule is CCCCCC(=O)OCOP(C)(=O)OC[C@H]1O[C@@H](n2cc(C)c(=O)[nH]c2=O)C[C@@H]1N=[N+]=[N-]. The second-order valence-electron chi connectivity index (χ2n) is 7.40. The lowest BCUT2D eigenvalue weighted by atomic mass is 10.1. The number of esters is 1. The fourth-order valence-electron chi connectivity index (χ4n) is 3.05. The molecule has 1 aromatic heterocycles. The summed E-state index contributed by atoms with van der Waals surface area (Å²) in [5.74, 6) is -0.453. The molecule has 0 aromatic carbocycles. The number of H-pyrrole nitrogens is 1. The molecule has 1 aromatic rings. The Balaban J connectivity index is 1.93. The van der Waals surface area contributed by atoms with E-state index in [1.807, 2.05) is 6.92 Å². The predicted octanol–water partition coefficient (Wildman–Crippen LogP) is 2.75. The molecule has 0 saturated carbocycles. The lowest BCUT2D eigenvalue weighted by Crippen LogP contribution is -2.33. The van der Waals surface area contributed by atoms with Gasteiger partial charge in [0, 0.05) is 36.2 Å². The monoisotopic (exact) mass is 473 g/mol. The van der Waals surface area contributed by atoms with Crippen molar-refractivity contribution in [1.82, 2.24) is 9.55 Å². The topological polar surface area (TPSA) is 175 Å². The summed E-state index contributed by atoms with van der Waals surface area (Å²) in [5.41, 5.74) is 7.96. The molecule has 4 atom stereocenters. The molecule has 1 N–H and O–H groups in total. The Morgan fingerprint density at radius 1 is 1.41 bits per heavy atom. The third kappa shape index (κ3) is 7.61. The first-order valence-corrected chi connectivity index (χ1v) is 12.2. The van der Waals surface area contributed by atoms with E-state index in [0.717, 1.165) is 12.8 Å². The maximum Gasteiger partial charge on any atom is 0.330 e. The van der Waals surface area contributed by atoms with Gasteiger partial charge in [-0.3, -0.25) is 28.2 Å². The second kappa shape index (κ2) is 12.0. The first-order valence-electron chi connectivity index (χ1n) is 10.2. The first kappa shape index (κ1) is 25.8. The molecule has 0 aliphatic carbocycles. The van der Waals surface area contributed by atoms with Gasteiger partial charge in [0.25, 0.3) is 5.56 Å². The highest BCUT2D eigenvalue weighted by atomic mass is 31.2. The van der Waals surface area contributed by atoms with Crippen molar-refractivity contribution < 1.29 is 27.9 Å². The summed E-state index contributed by atoms with van der Waals surface area (Å²) in [5, 5.41) is 3.66. The number of rotatable bonds is 12. The van der Waals surface area contributed by atoms with Gasteiger partial charge in [0.1, 0.15) is 6.23 Å². The lowest BCUT2D eigenvalue weighted by molar-refractivity contribution is -0.150. The fraction of sp³-hybridized carbons (Fsp3) is 0.722. The molecule has 178 valence electrons. The van der Waals surface area contributed by atoms with Gasteiger partial charge in [-0.1, -0.05) is 24.9 Å². The van der Waals surface area contributed by atoms with E-state index in [4.69, 9.17) is 24.1 Å². The second-order valence-corrected chi connectivity index (χ2v) is 9.46. The van der Waals surface area contributed by atoms with Gasteiger partial charge in [-0.15, -0.1) is 0 Å². The molecule has 1 aliphatic heterocycles. The molecule has 1 saturated heterocycles. The van der Waals surface area contributed by atoms with Crippen LogP contribution < -0.4 is 11.2 Å². The molecule has 0 amide bonds. The van der Waals surface area contributed by atoms with E-state index in [9.17, 15) is 18.9 Å². The number of carbonyl (C=O) groups excluding carboxylic acids is 1. The maximum absolute atomic E-state index is 12.5. The summed E-state index contributed by atoms with van der Waals surface area (Å²) >= 11 is 0. The van der Waals surface area contributed by atoms with Crippen LogP contribution in [0.2, 0.25) is 0 Å². The van der Waals surface area contributed by atoms with E-state index < -0.39 is 50.0 Å². The zero-order chi connectivity index (χ0) is 23.7. The van der Waals surface area contributed by atoms with Gasteiger partial charge in [-0.05, 0) is 18.9 Å². The van der Waals surface area contributed by atoms with Gasteiger partial charge in [0.2, 0.25) is 6.79 Å². The fourth-order valence-corrected chi connectivity index (χ4v) is 3.79. The molecule has 0 radical (unpaired) electrons. The van der Waals surface area contributed by atoms with E-state index in [0.29, 0.717) is 12.0 Å². The molecule has 2 rings (SSSR count). The summed E-state index contributed by atoms with van der Waals surface area (Å²) in [6.45, 7) is 4.00. The van der Waals surface area contributed by atoms with Crippen LogP contribution >= 0.6 is 7.60 Å². The average Bonchev–Trinajstić information content (AvgIpc) is 3.12. The van der Waals surface area contributed by atoms with Crippen molar-refractivity contribution in [1.29, 1.82) is 0 Å². The van der Waals surface area contributed by atoms with Crippen LogP contribution in [0.3, 0.4) is 0 Å². The van der Waals surface area contributed by atoms with Crippen molar-refractivity contribution in [2.24, 2.45) is 5.11 Å². The van der Waals surface area contributed by atoms with Crippen LogP contribution in [0.15, 0.2) is 20.9 Å². The highest BCUT2D eigenvalue weighted by molar-refractivity contribution is 7.52. The maximum atomic E-state index is 12.5. The lowest BCUT2D eigenvalue weighted by Gasteiger charge is -2.19. The summed E-state index contributed by atoms with van der Waals surface area (Å²) < 4.78 is 34.7. The minimum absolute atomic E-state index is 0.147. The van der Waals surface area contributed by atoms with E-state index in [1.54, 1.807) is 0 Å². The Kier molecular flexibility index (Phi) is 9.67. The molecular formula is C18H28N5O8P. The number of hydrogen-bond donors (Lipinski definition) is 1. The number of unbranched alkanes of at least 4 members (excludes halogenated alkanes) is 2. The van der Waals surface area contributed by atoms with Gasteiger partial charge in [0.15, 0.2) is 0 Å². The van der Waals surface area contributed by atoms with Crippen LogP contribution in [-0.4, -0.2) is 47.7 Å². The van der Waals surface area contributed by atoms with Crippen LogP contribution in [0.1, 0.15) is 50.8 Å². The Labute approximate surface area is 184 Å². The van der Waals surface area contributed by atoms with Crippen molar-refractivity contribution in [2.45, 2.75) is 64.3 Å². The largest absolute Gasteiger partial charge is 0.438 e. The van der Waals surface area contributed by atoms with Crippen molar-refractivity contribution in [3.63, 3.8) is 0 Å². The summed E-state index contributed by atoms with van der Waals surface area (Å²) in [7, 11) is -3.60. The van der Waals surface area contributed by atoms with Gasteiger partial charge >= 0.3 is 19.3 Å². The van der Waals surface area contributed by atoms with E-state index in [2.05, 4.69) is 15.0 Å². The van der Waals surface area contributed by atoms with Crippen LogP contribution in [0.5, 0.6) is 0 Å². The molecular weight excluding hydrogens is 445 g/mol. The zero-order valence-electron chi connectivity index (χ0n) is 18.3. The van der Waals surface area contributed by atoms with Gasteiger partial charge in [-0.25, -0.2) is 4.79 Å². The number of ether oxygens (including phenoxy) is 2. The molecule has 14 heteroatoms. The highest BCUT2D eigenvalue weighted by Crippen LogP contribution is 2.45. The van der Waals surface area contributed by atoms with Crippen molar-refractivity contribution >= 4 is 13.6 Å². The molecule has 13 nitrogen and oxygen atoms in total. The summed E-state index contributed by atoms with van der Waals surface area (Å²) in [4.78, 5) is 40.2. The number of hydrogen-bond acceptors (Lipinski definition) is 9. The molecule has 32 heavy (non-hydrogen) atoms. The number of aromatic amines is 1. The summed E-state index contributed by atoms with van der Waals surface area (Å²) in [6, 6.07) is -0.708. The molecule has 0 bridgehead atoms. The number of nitrogens with one attached hydrogen (secondary N) is 1. The smallest absolute Gasteiger partial charge is 0.330 e. The number of azide groups is 1. The van der Waals surface area contributed by atoms with E-state index >= 15 is 0 Å². The molecule has 1 aliphatic rings. The van der Waals surface area contributed by atoms with Crippen LogP contribution in [-0.2, 0) is 27.9 Å². The zero-order valence-corrected chi connectivity index (χ0v) is 19.2. The Bertz CT molecular complexity index is 1000. The van der Waals surface area contributed by atoms with Crippen molar-refractivity contribution in [3.05, 3.63) is 43.0 Å². The third-order valence-electron chi connectivity index (χ3n) is 4.83. The number of aryl methyl sites for hydroxylation is 1. The average molecular weight is 473 g/mol. The predicted molar refractivity (Wildman–Crippen MR) is 113 cm³/mol. The normalized spacial score (nSPS) is 22.2. The Morgan fingerprint density at radius 2 is 2.16 bits per heavy atom. The quantitative estimate of drug-likeness (QED) is 0.0916. The minimum atomic E-state index is -3.60. The number of nitrogens with zero attached hydrogens (tertiary/aromatic N) is 4. The van der Waals surface area contributed by atoms with Gasteiger partial charge < -0.3 is 14.0 Å². The van der Waals surface area contributed by atoms with Crippen molar-refractivity contribution in [3.8, 4) is 0 Å². The molecule has 0 spiro atoms. The first-order chi connectivity index (χ1) is 15.2. The summed E-state index contributed by atoms with van der Waals surface area (Å²) in [6.07, 6.45) is 2.70. The number of aromatic nitrogens is 2. The van der Waals surface area contributed by atoms with Crippen LogP contribution in [0.4, 0.5) is 0 Å². The molecule has 1 fully saturated rings. The standard InChI is InChI=1S/C18H28N5O8P/c1-4-5-6-7-16(24)28-11-30-32(3,27)29-10-14-13(21-22-19)8-15(31-14)23-9-12(2)17(25)20-18(23)26/h9,13-15H,4-8,10-11H2,1-3H3,(H,20,25,26)/t13-,14+,15+,32?/m0/s1. The van der Waals surface area contributed by atoms with E-state index in [-0.39, 0.29) is 19.4 Å². The van der Waals surface area contributed by atoms with Crippen LogP contribution in [0, 0.1) is 6.92 Å². The van der Waals surface area contributed by atoms with Gasteiger partial charge in [0.05, 0.1) is 18.8 Å². The van der Waals surface area contributed by atoms with Crippen LogP contribution in [0.25, 0.3) is 10.4 Å². The van der Waals surface area contributed by atoms with Gasteiger partial charge in [-0.2, -0.15) is 0 Å². The highest BCUT2D eigenvalue weighted by Gasteiger charge is 2.37.